The molecule has 1 aliphatic heterocycles. The molecule has 0 unspecified atom stereocenters. The second kappa shape index (κ2) is 8.54. The summed E-state index contributed by atoms with van der Waals surface area (Å²) in [5.41, 5.74) is 1.72. The topological polar surface area (TPSA) is 75.7 Å². The fourth-order valence-corrected chi connectivity index (χ4v) is 4.10. The lowest BCUT2D eigenvalue weighted by molar-refractivity contribution is 0.0303. The van der Waals surface area contributed by atoms with E-state index in [0.717, 1.165) is 18.4 Å². The van der Waals surface area contributed by atoms with Crippen molar-refractivity contribution in [1.82, 2.24) is 4.90 Å². The van der Waals surface area contributed by atoms with E-state index in [4.69, 9.17) is 4.74 Å². The number of hydrogen-bond donors (Lipinski definition) is 1. The lowest BCUT2D eigenvalue weighted by Gasteiger charge is -2.27. The van der Waals surface area contributed by atoms with Crippen LogP contribution in [0, 0.1) is 0 Å². The predicted molar refractivity (Wildman–Crippen MR) is 104 cm³/mol. The highest BCUT2D eigenvalue weighted by Crippen LogP contribution is 2.22. The fraction of sp³-hybridized carbons (Fsp3) is 0.350. The molecule has 2 aromatic rings. The zero-order valence-electron chi connectivity index (χ0n) is 15.3. The molecule has 6 nitrogen and oxygen atoms in total. The Balaban J connectivity index is 1.83. The van der Waals surface area contributed by atoms with Gasteiger partial charge in [0.15, 0.2) is 0 Å². The molecular formula is C20H24N2O4S. The summed E-state index contributed by atoms with van der Waals surface area (Å²) < 4.78 is 33.4. The first-order valence-electron chi connectivity index (χ1n) is 9.09. The number of nitrogens with one attached hydrogen (secondary N) is 1. The van der Waals surface area contributed by atoms with Gasteiger partial charge >= 0.3 is 0 Å². The summed E-state index contributed by atoms with van der Waals surface area (Å²) in [4.78, 5) is 14.6. The molecule has 1 amide bonds. The van der Waals surface area contributed by atoms with E-state index < -0.39 is 10.0 Å². The van der Waals surface area contributed by atoms with Crippen molar-refractivity contribution in [3.05, 3.63) is 59.7 Å². The first kappa shape index (κ1) is 19.4. The zero-order valence-corrected chi connectivity index (χ0v) is 16.2. The molecule has 1 fully saturated rings. The number of anilines is 1. The molecule has 0 atom stereocenters. The van der Waals surface area contributed by atoms with Crippen LogP contribution in [-0.2, 0) is 21.2 Å². The normalized spacial score (nSPS) is 14.8. The maximum absolute atomic E-state index is 12.8. The van der Waals surface area contributed by atoms with Crippen LogP contribution >= 0.6 is 0 Å². The molecule has 2 aromatic carbocycles. The minimum Gasteiger partial charge on any atom is -0.378 e. The monoisotopic (exact) mass is 388 g/mol. The number of benzene rings is 2. The Morgan fingerprint density at radius 2 is 1.74 bits per heavy atom. The maximum atomic E-state index is 12.8. The number of carbonyl (C=O) groups is 1. The Kier molecular flexibility index (Phi) is 6.13. The van der Waals surface area contributed by atoms with E-state index in [1.807, 2.05) is 12.1 Å². The molecule has 1 saturated heterocycles. The van der Waals surface area contributed by atoms with Crippen LogP contribution < -0.4 is 4.72 Å². The SMILES string of the molecule is CCCc1ccc(S(=O)(=O)Nc2ccccc2C(=O)N2CCOCC2)cc1. The molecular weight excluding hydrogens is 364 g/mol. The highest BCUT2D eigenvalue weighted by atomic mass is 32.2. The molecule has 0 saturated carbocycles. The van der Waals surface area contributed by atoms with Crippen molar-refractivity contribution >= 4 is 21.6 Å². The molecule has 0 radical (unpaired) electrons. The van der Waals surface area contributed by atoms with E-state index in [0.29, 0.717) is 31.9 Å². The van der Waals surface area contributed by atoms with Gasteiger partial charge in [0, 0.05) is 13.1 Å². The van der Waals surface area contributed by atoms with Gasteiger partial charge < -0.3 is 9.64 Å². The smallest absolute Gasteiger partial charge is 0.261 e. The van der Waals surface area contributed by atoms with Gasteiger partial charge in [-0.2, -0.15) is 0 Å². The first-order chi connectivity index (χ1) is 13.0. The van der Waals surface area contributed by atoms with Gasteiger partial charge in [-0.05, 0) is 36.2 Å². The van der Waals surface area contributed by atoms with E-state index >= 15 is 0 Å². The molecule has 1 aliphatic rings. The molecule has 144 valence electrons. The summed E-state index contributed by atoms with van der Waals surface area (Å²) >= 11 is 0. The van der Waals surface area contributed by atoms with E-state index in [-0.39, 0.29) is 16.5 Å². The van der Waals surface area contributed by atoms with Crippen LogP contribution in [0.5, 0.6) is 0 Å². The van der Waals surface area contributed by atoms with Crippen molar-refractivity contribution in [3.8, 4) is 0 Å². The first-order valence-corrected chi connectivity index (χ1v) is 10.6. The number of aryl methyl sites for hydroxylation is 1. The third-order valence-electron chi connectivity index (χ3n) is 4.47. The van der Waals surface area contributed by atoms with Crippen molar-refractivity contribution in [3.63, 3.8) is 0 Å². The van der Waals surface area contributed by atoms with Gasteiger partial charge in [0.2, 0.25) is 0 Å². The minimum atomic E-state index is -3.78. The van der Waals surface area contributed by atoms with Crippen molar-refractivity contribution in [2.45, 2.75) is 24.7 Å². The minimum absolute atomic E-state index is 0.177. The molecule has 0 aliphatic carbocycles. The summed E-state index contributed by atoms with van der Waals surface area (Å²) in [7, 11) is -3.78. The van der Waals surface area contributed by atoms with E-state index in [1.54, 1.807) is 41.3 Å². The molecule has 1 N–H and O–H groups in total. The number of para-hydroxylation sites is 1. The highest BCUT2D eigenvalue weighted by molar-refractivity contribution is 7.92. The summed E-state index contributed by atoms with van der Waals surface area (Å²) in [5.74, 6) is -0.199. The second-order valence-electron chi connectivity index (χ2n) is 6.45. The third-order valence-corrected chi connectivity index (χ3v) is 5.85. The van der Waals surface area contributed by atoms with E-state index in [2.05, 4.69) is 11.6 Å². The van der Waals surface area contributed by atoms with Gasteiger partial charge in [0.25, 0.3) is 15.9 Å². The molecule has 3 rings (SSSR count). The summed E-state index contributed by atoms with van der Waals surface area (Å²) in [6.45, 7) is 4.06. The van der Waals surface area contributed by atoms with Gasteiger partial charge in [-0.1, -0.05) is 37.6 Å². The molecule has 1 heterocycles. The number of hydrogen-bond acceptors (Lipinski definition) is 4. The van der Waals surface area contributed by atoms with Gasteiger partial charge in [-0.3, -0.25) is 9.52 Å². The van der Waals surface area contributed by atoms with Crippen molar-refractivity contribution in [2.75, 3.05) is 31.0 Å². The Morgan fingerprint density at radius 1 is 1.07 bits per heavy atom. The van der Waals surface area contributed by atoms with Crippen LogP contribution in [0.3, 0.4) is 0 Å². The number of carbonyl (C=O) groups excluding carboxylic acids is 1. The fourth-order valence-electron chi connectivity index (χ4n) is 3.02. The molecule has 0 spiro atoms. The Morgan fingerprint density at radius 3 is 2.41 bits per heavy atom. The van der Waals surface area contributed by atoms with Crippen LogP contribution in [0.25, 0.3) is 0 Å². The average Bonchev–Trinajstić information content (AvgIpc) is 2.69. The molecule has 0 aromatic heterocycles. The lowest BCUT2D eigenvalue weighted by atomic mass is 10.1. The number of rotatable bonds is 6. The number of ether oxygens (including phenoxy) is 1. The van der Waals surface area contributed by atoms with Gasteiger partial charge in [-0.25, -0.2) is 8.42 Å². The van der Waals surface area contributed by atoms with E-state index in [1.165, 1.54) is 0 Å². The number of amides is 1. The molecule has 27 heavy (non-hydrogen) atoms. The van der Waals surface area contributed by atoms with Gasteiger partial charge in [0.1, 0.15) is 0 Å². The van der Waals surface area contributed by atoms with Crippen LogP contribution in [0.1, 0.15) is 29.3 Å². The maximum Gasteiger partial charge on any atom is 0.261 e. The molecule has 0 bridgehead atoms. The van der Waals surface area contributed by atoms with Gasteiger partial charge in [0.05, 0.1) is 29.4 Å². The number of morpholine rings is 1. The Hall–Kier alpha value is -2.38. The summed E-state index contributed by atoms with van der Waals surface area (Å²) in [5, 5.41) is 0. The summed E-state index contributed by atoms with van der Waals surface area (Å²) in [6.07, 6.45) is 1.91. The lowest BCUT2D eigenvalue weighted by Crippen LogP contribution is -2.41. The third kappa shape index (κ3) is 4.67. The van der Waals surface area contributed by atoms with Crippen LogP contribution in [-0.4, -0.2) is 45.5 Å². The standard InChI is InChI=1S/C20H24N2O4S/c1-2-5-16-8-10-17(11-9-16)27(24,25)21-19-7-4-3-6-18(19)20(23)22-12-14-26-15-13-22/h3-4,6-11,21H,2,5,12-15H2,1H3. The van der Waals surface area contributed by atoms with Crippen LogP contribution in [0.2, 0.25) is 0 Å². The largest absolute Gasteiger partial charge is 0.378 e. The second-order valence-corrected chi connectivity index (χ2v) is 8.13. The number of sulfonamides is 1. The van der Waals surface area contributed by atoms with Crippen molar-refractivity contribution < 1.29 is 17.9 Å². The van der Waals surface area contributed by atoms with Gasteiger partial charge in [-0.15, -0.1) is 0 Å². The Bertz CT molecular complexity index is 888. The van der Waals surface area contributed by atoms with E-state index in [9.17, 15) is 13.2 Å². The van der Waals surface area contributed by atoms with Crippen LogP contribution in [0.15, 0.2) is 53.4 Å². The number of nitrogens with zero attached hydrogens (tertiary/aromatic N) is 1. The van der Waals surface area contributed by atoms with Crippen LogP contribution in [0.4, 0.5) is 5.69 Å². The summed E-state index contributed by atoms with van der Waals surface area (Å²) in [6, 6.07) is 13.5. The Labute approximate surface area is 160 Å². The average molecular weight is 388 g/mol. The predicted octanol–water partition coefficient (Wildman–Crippen LogP) is 2.91. The molecule has 7 heteroatoms. The quantitative estimate of drug-likeness (QED) is 0.826. The van der Waals surface area contributed by atoms with Crippen molar-refractivity contribution in [2.24, 2.45) is 0 Å². The van der Waals surface area contributed by atoms with Crippen molar-refractivity contribution in [1.29, 1.82) is 0 Å². The highest BCUT2D eigenvalue weighted by Gasteiger charge is 2.23. The zero-order chi connectivity index (χ0) is 19.3.